The van der Waals surface area contributed by atoms with Crippen LogP contribution in [-0.4, -0.2) is 40.0 Å². The van der Waals surface area contributed by atoms with E-state index in [-0.39, 0.29) is 16.7 Å². The van der Waals surface area contributed by atoms with E-state index >= 15 is 0 Å². The average molecular weight is 489 g/mol. The van der Waals surface area contributed by atoms with E-state index in [0.29, 0.717) is 47.1 Å². The van der Waals surface area contributed by atoms with Crippen LogP contribution in [0.1, 0.15) is 33.3 Å². The largest absolute Gasteiger partial charge is 0.490 e. The predicted octanol–water partition coefficient (Wildman–Crippen LogP) is 4.70. The molecule has 0 fully saturated rings. The van der Waals surface area contributed by atoms with Crippen LogP contribution in [0.3, 0.4) is 0 Å². The number of benzene rings is 2. The fourth-order valence-electron chi connectivity index (χ4n) is 3.86. The number of nitrogens with one attached hydrogen (secondary N) is 2. The van der Waals surface area contributed by atoms with Gasteiger partial charge in [0.25, 0.3) is 5.91 Å². The normalized spacial score (nSPS) is 12.6. The van der Waals surface area contributed by atoms with E-state index in [1.165, 1.54) is 0 Å². The van der Waals surface area contributed by atoms with Crippen LogP contribution in [0.15, 0.2) is 60.8 Å². The van der Waals surface area contributed by atoms with Crippen molar-refractivity contribution in [3.8, 4) is 34.3 Å². The van der Waals surface area contributed by atoms with Gasteiger partial charge >= 0.3 is 5.97 Å². The minimum Gasteiger partial charge on any atom is -0.490 e. The summed E-state index contributed by atoms with van der Waals surface area (Å²) in [6.07, 6.45) is 2.37. The third kappa shape index (κ3) is 4.61. The van der Waals surface area contributed by atoms with Crippen molar-refractivity contribution in [2.24, 2.45) is 0 Å². The molecule has 1 amide bonds. The van der Waals surface area contributed by atoms with Gasteiger partial charge in [-0.2, -0.15) is 0 Å². The molecule has 8 nitrogen and oxygen atoms in total. The fraction of sp³-hybridized carbons (Fsp3) is 0.154. The lowest BCUT2D eigenvalue weighted by molar-refractivity contribution is 0.0728. The second-order valence-electron chi connectivity index (χ2n) is 7.82. The minimum atomic E-state index is -0.542. The number of hydrogen-bond donors (Lipinski definition) is 2. The summed E-state index contributed by atoms with van der Waals surface area (Å²) >= 11 is 6.53. The number of H-pyrrole nitrogens is 1. The fourth-order valence-corrected chi connectivity index (χ4v) is 4.11. The van der Waals surface area contributed by atoms with Crippen LogP contribution in [0.5, 0.6) is 11.5 Å². The monoisotopic (exact) mass is 488 g/mol. The number of nitrogens with zero attached hydrogens (tertiary/aromatic N) is 2. The first kappa shape index (κ1) is 22.6. The molecule has 3 heterocycles. The molecule has 0 saturated heterocycles. The van der Waals surface area contributed by atoms with Crippen molar-refractivity contribution in [1.29, 1.82) is 0 Å². The van der Waals surface area contributed by atoms with Crippen LogP contribution in [0, 0.1) is 0 Å². The molecule has 5 rings (SSSR count). The standard InChI is InChI=1S/C26H21ClN4O4/c1-2-34-22-13-16(12-18(27)23(22)35-26(33)15-6-4-3-5-7-15)24-28-10-9-20(31-24)21-14-17-19(30-21)8-11-29-25(17)32/h3-7,9-10,12-14,30H,2,8,11H2,1H3,(H,29,32). The number of aromatic nitrogens is 3. The molecule has 0 saturated carbocycles. The molecule has 0 bridgehead atoms. The lowest BCUT2D eigenvalue weighted by atomic mass is 10.1. The Labute approximate surface area is 206 Å². The molecule has 2 aromatic heterocycles. The number of carbonyl (C=O) groups is 2. The summed E-state index contributed by atoms with van der Waals surface area (Å²) in [6.45, 7) is 2.76. The molecule has 176 valence electrons. The number of ether oxygens (including phenoxy) is 2. The van der Waals surface area contributed by atoms with Crippen LogP contribution in [0.25, 0.3) is 22.8 Å². The van der Waals surface area contributed by atoms with Crippen LogP contribution >= 0.6 is 11.6 Å². The summed E-state index contributed by atoms with van der Waals surface area (Å²) in [4.78, 5) is 37.1. The molecule has 2 aromatic carbocycles. The van der Waals surface area contributed by atoms with Gasteiger partial charge in [0.05, 0.1) is 34.1 Å². The minimum absolute atomic E-state index is 0.100. The Morgan fingerprint density at radius 2 is 1.97 bits per heavy atom. The third-order valence-electron chi connectivity index (χ3n) is 5.51. The van der Waals surface area contributed by atoms with Gasteiger partial charge in [-0.3, -0.25) is 4.79 Å². The van der Waals surface area contributed by atoms with Crippen molar-refractivity contribution < 1.29 is 19.1 Å². The summed E-state index contributed by atoms with van der Waals surface area (Å²) in [5.41, 5.74) is 3.85. The van der Waals surface area contributed by atoms with E-state index in [1.807, 2.05) is 13.0 Å². The van der Waals surface area contributed by atoms with Gasteiger partial charge < -0.3 is 19.8 Å². The zero-order chi connectivity index (χ0) is 24.4. The molecule has 9 heteroatoms. The smallest absolute Gasteiger partial charge is 0.343 e. The SMILES string of the molecule is CCOc1cc(-c2nccc(-c3cc4c([nH]3)CCNC4=O)n2)cc(Cl)c1OC(=O)c1ccccc1. The second-order valence-corrected chi connectivity index (χ2v) is 8.23. The van der Waals surface area contributed by atoms with Crippen LogP contribution in [0.2, 0.25) is 5.02 Å². The maximum absolute atomic E-state index is 12.6. The highest BCUT2D eigenvalue weighted by molar-refractivity contribution is 6.32. The molecule has 0 aliphatic carbocycles. The summed E-state index contributed by atoms with van der Waals surface area (Å²) in [7, 11) is 0. The lowest BCUT2D eigenvalue weighted by Gasteiger charge is -2.14. The summed E-state index contributed by atoms with van der Waals surface area (Å²) in [5.74, 6) is 0.199. The number of fused-ring (bicyclic) bond motifs is 1. The molecule has 2 N–H and O–H groups in total. The van der Waals surface area contributed by atoms with E-state index in [9.17, 15) is 9.59 Å². The number of rotatable bonds is 6. The van der Waals surface area contributed by atoms with Crippen molar-refractivity contribution >= 4 is 23.5 Å². The number of carbonyl (C=O) groups excluding carboxylic acids is 2. The number of aromatic amines is 1. The highest BCUT2D eigenvalue weighted by Gasteiger charge is 2.22. The van der Waals surface area contributed by atoms with Gasteiger partial charge in [0.1, 0.15) is 0 Å². The molecule has 35 heavy (non-hydrogen) atoms. The van der Waals surface area contributed by atoms with Crippen molar-refractivity contribution in [3.63, 3.8) is 0 Å². The summed E-state index contributed by atoms with van der Waals surface area (Å²) in [5, 5.41) is 3.03. The molecule has 0 spiro atoms. The molecule has 1 aliphatic rings. The Hall–Kier alpha value is -4.17. The van der Waals surface area contributed by atoms with Gasteiger partial charge in [-0.25, -0.2) is 14.8 Å². The topological polar surface area (TPSA) is 106 Å². The Kier molecular flexibility index (Phi) is 6.20. The summed E-state index contributed by atoms with van der Waals surface area (Å²) in [6, 6.07) is 15.5. The molecule has 0 atom stereocenters. The number of amides is 1. The quantitative estimate of drug-likeness (QED) is 0.301. The van der Waals surface area contributed by atoms with Crippen LogP contribution in [-0.2, 0) is 6.42 Å². The summed E-state index contributed by atoms with van der Waals surface area (Å²) < 4.78 is 11.3. The van der Waals surface area contributed by atoms with Gasteiger partial charge in [-0.05, 0) is 43.3 Å². The third-order valence-corrected chi connectivity index (χ3v) is 5.79. The number of esters is 1. The maximum Gasteiger partial charge on any atom is 0.343 e. The molecule has 1 aliphatic heterocycles. The average Bonchev–Trinajstić information content (AvgIpc) is 3.32. The van der Waals surface area contributed by atoms with Crippen LogP contribution < -0.4 is 14.8 Å². The van der Waals surface area contributed by atoms with E-state index in [2.05, 4.69) is 20.3 Å². The molecule has 0 radical (unpaired) electrons. The second kappa shape index (κ2) is 9.60. The number of hydrogen-bond acceptors (Lipinski definition) is 6. The lowest BCUT2D eigenvalue weighted by Crippen LogP contribution is -2.31. The first-order valence-electron chi connectivity index (χ1n) is 11.1. The predicted molar refractivity (Wildman–Crippen MR) is 131 cm³/mol. The van der Waals surface area contributed by atoms with Gasteiger partial charge in [0.15, 0.2) is 17.3 Å². The Balaban J connectivity index is 1.49. The molecule has 4 aromatic rings. The highest BCUT2D eigenvalue weighted by atomic mass is 35.5. The van der Waals surface area contributed by atoms with Crippen molar-refractivity contribution in [3.05, 3.63) is 82.6 Å². The van der Waals surface area contributed by atoms with Gasteiger partial charge in [-0.1, -0.05) is 29.8 Å². The number of halogens is 1. The van der Waals surface area contributed by atoms with Gasteiger partial charge in [0, 0.05) is 30.4 Å². The van der Waals surface area contributed by atoms with Crippen molar-refractivity contribution in [2.45, 2.75) is 13.3 Å². The van der Waals surface area contributed by atoms with E-state index in [1.54, 1.807) is 54.7 Å². The van der Waals surface area contributed by atoms with E-state index < -0.39 is 5.97 Å². The van der Waals surface area contributed by atoms with E-state index in [0.717, 1.165) is 17.8 Å². The zero-order valence-corrected chi connectivity index (χ0v) is 19.6. The van der Waals surface area contributed by atoms with Crippen molar-refractivity contribution in [1.82, 2.24) is 20.3 Å². The van der Waals surface area contributed by atoms with Gasteiger partial charge in [0.2, 0.25) is 0 Å². The first-order valence-corrected chi connectivity index (χ1v) is 11.5. The zero-order valence-electron chi connectivity index (χ0n) is 18.8. The van der Waals surface area contributed by atoms with Crippen LogP contribution in [0.4, 0.5) is 0 Å². The Bertz CT molecular complexity index is 1420. The highest BCUT2D eigenvalue weighted by Crippen LogP contribution is 2.39. The first-order chi connectivity index (χ1) is 17.0. The van der Waals surface area contributed by atoms with Crippen molar-refractivity contribution in [2.75, 3.05) is 13.2 Å². The molecular formula is C26H21ClN4O4. The Morgan fingerprint density at radius 1 is 1.14 bits per heavy atom. The maximum atomic E-state index is 12.6. The Morgan fingerprint density at radius 3 is 2.74 bits per heavy atom. The van der Waals surface area contributed by atoms with E-state index in [4.69, 9.17) is 21.1 Å². The van der Waals surface area contributed by atoms with Gasteiger partial charge in [-0.15, -0.1) is 0 Å². The molecule has 0 unspecified atom stereocenters. The molecular weight excluding hydrogens is 468 g/mol.